The van der Waals surface area contributed by atoms with E-state index in [1.54, 1.807) is 36.4 Å². The van der Waals surface area contributed by atoms with Crippen molar-refractivity contribution in [2.75, 3.05) is 4.90 Å². The van der Waals surface area contributed by atoms with Crippen LogP contribution in [0.25, 0.3) is 0 Å². The van der Waals surface area contributed by atoms with Gasteiger partial charge in [0.05, 0.1) is 29.2 Å². The van der Waals surface area contributed by atoms with Crippen LogP contribution in [0, 0.1) is 23.7 Å². The quantitative estimate of drug-likeness (QED) is 0.390. The summed E-state index contributed by atoms with van der Waals surface area (Å²) >= 11 is 0. The zero-order valence-electron chi connectivity index (χ0n) is 18.1. The summed E-state index contributed by atoms with van der Waals surface area (Å²) in [6.07, 6.45) is 4.95. The molecule has 1 saturated heterocycles. The Balaban J connectivity index is 1.21. The third kappa shape index (κ3) is 3.49. The lowest BCUT2D eigenvalue weighted by Crippen LogP contribution is -2.32. The van der Waals surface area contributed by atoms with Gasteiger partial charge in [0, 0.05) is 0 Å². The van der Waals surface area contributed by atoms with Gasteiger partial charge in [0.15, 0.2) is 0 Å². The van der Waals surface area contributed by atoms with Crippen molar-refractivity contribution in [3.05, 3.63) is 71.8 Å². The van der Waals surface area contributed by atoms with Crippen LogP contribution in [-0.4, -0.2) is 23.9 Å². The number of amides is 2. The molecule has 2 aliphatic carbocycles. The molecule has 5 rings (SSSR count). The molecule has 2 aromatic rings. The van der Waals surface area contributed by atoms with Crippen LogP contribution < -0.4 is 9.64 Å². The van der Waals surface area contributed by atoms with Gasteiger partial charge in [0.1, 0.15) is 12.4 Å². The summed E-state index contributed by atoms with van der Waals surface area (Å²) in [5.74, 6) is 0.132. The van der Waals surface area contributed by atoms with Crippen LogP contribution in [0.4, 0.5) is 5.69 Å². The Morgan fingerprint density at radius 2 is 1.53 bits per heavy atom. The summed E-state index contributed by atoms with van der Waals surface area (Å²) in [5, 5.41) is 0. The van der Waals surface area contributed by atoms with Crippen molar-refractivity contribution in [2.24, 2.45) is 23.7 Å². The molecule has 32 heavy (non-hydrogen) atoms. The first-order valence-corrected chi connectivity index (χ1v) is 11.0. The number of fused-ring (bicyclic) bond motifs is 5. The zero-order valence-corrected chi connectivity index (χ0v) is 18.1. The molecule has 0 N–H and O–H groups in total. The fraction of sp³-hybridized carbons (Fsp3) is 0.346. The van der Waals surface area contributed by atoms with Gasteiger partial charge in [-0.3, -0.25) is 14.5 Å². The molecule has 1 saturated carbocycles. The number of allylic oxidation sites excluding steroid dienone is 2. The number of hydrogen-bond donors (Lipinski definition) is 0. The number of rotatable bonds is 6. The van der Waals surface area contributed by atoms with Crippen LogP contribution in [-0.2, 0) is 20.9 Å². The molecule has 0 spiro atoms. The largest absolute Gasteiger partial charge is 0.489 e. The van der Waals surface area contributed by atoms with Crippen LogP contribution in [0.2, 0.25) is 0 Å². The van der Waals surface area contributed by atoms with Gasteiger partial charge in [-0.15, -0.1) is 0 Å². The van der Waals surface area contributed by atoms with E-state index in [4.69, 9.17) is 9.47 Å². The minimum Gasteiger partial charge on any atom is -0.489 e. The SMILES string of the molecule is CC(C)OC(=O)c1ccc(COc2ccc(N3C(=O)C4C5C=CC(C5)C4C3=O)cc2)cc1. The smallest absolute Gasteiger partial charge is 0.338 e. The van der Waals surface area contributed by atoms with E-state index < -0.39 is 0 Å². The molecule has 3 aliphatic rings. The number of imide groups is 1. The lowest BCUT2D eigenvalue weighted by molar-refractivity contribution is -0.123. The summed E-state index contributed by atoms with van der Waals surface area (Å²) in [7, 11) is 0. The second-order valence-electron chi connectivity index (χ2n) is 8.95. The second kappa shape index (κ2) is 7.93. The van der Waals surface area contributed by atoms with Gasteiger partial charge in [-0.1, -0.05) is 24.3 Å². The Morgan fingerprint density at radius 1 is 0.938 bits per heavy atom. The maximum atomic E-state index is 12.9. The third-order valence-corrected chi connectivity index (χ3v) is 6.50. The van der Waals surface area contributed by atoms with Gasteiger partial charge >= 0.3 is 5.97 Å². The zero-order chi connectivity index (χ0) is 22.4. The number of carbonyl (C=O) groups is 3. The van der Waals surface area contributed by atoms with Gasteiger partial charge in [-0.25, -0.2) is 4.79 Å². The summed E-state index contributed by atoms with van der Waals surface area (Å²) in [6.45, 7) is 3.96. The molecule has 2 bridgehead atoms. The maximum Gasteiger partial charge on any atom is 0.338 e. The van der Waals surface area contributed by atoms with Gasteiger partial charge in [0.25, 0.3) is 0 Å². The van der Waals surface area contributed by atoms with Crippen molar-refractivity contribution in [1.29, 1.82) is 0 Å². The molecule has 6 heteroatoms. The van der Waals surface area contributed by atoms with E-state index in [9.17, 15) is 14.4 Å². The monoisotopic (exact) mass is 431 g/mol. The molecule has 6 nitrogen and oxygen atoms in total. The molecule has 0 aromatic heterocycles. The molecule has 4 unspecified atom stereocenters. The van der Waals surface area contributed by atoms with Crippen LogP contribution in [0.1, 0.15) is 36.2 Å². The fourth-order valence-electron chi connectivity index (χ4n) is 5.03. The molecule has 0 radical (unpaired) electrons. The number of nitrogens with zero attached hydrogens (tertiary/aromatic N) is 1. The van der Waals surface area contributed by atoms with E-state index in [-0.39, 0.29) is 47.6 Å². The summed E-state index contributed by atoms with van der Waals surface area (Å²) in [4.78, 5) is 39.1. The van der Waals surface area contributed by atoms with E-state index in [2.05, 4.69) is 12.2 Å². The number of hydrogen-bond acceptors (Lipinski definition) is 5. The van der Waals surface area contributed by atoms with Crippen LogP contribution in [0.15, 0.2) is 60.7 Å². The minimum atomic E-state index is -0.345. The van der Waals surface area contributed by atoms with Gasteiger partial charge in [-0.05, 0) is 74.1 Å². The maximum absolute atomic E-state index is 12.9. The summed E-state index contributed by atoms with van der Waals surface area (Å²) in [6, 6.07) is 14.1. The van der Waals surface area contributed by atoms with Gasteiger partial charge in [0.2, 0.25) is 11.8 Å². The lowest BCUT2D eigenvalue weighted by atomic mass is 9.85. The molecule has 2 aromatic carbocycles. The number of anilines is 1. The van der Waals surface area contributed by atoms with Crippen molar-refractivity contribution in [1.82, 2.24) is 0 Å². The van der Waals surface area contributed by atoms with E-state index >= 15 is 0 Å². The predicted octanol–water partition coefficient (Wildman–Crippen LogP) is 4.14. The van der Waals surface area contributed by atoms with E-state index in [1.807, 2.05) is 26.0 Å². The highest BCUT2D eigenvalue weighted by atomic mass is 16.5. The van der Waals surface area contributed by atoms with E-state index in [0.29, 0.717) is 23.6 Å². The lowest BCUT2D eigenvalue weighted by Gasteiger charge is -2.17. The molecular formula is C26H25NO5. The molecule has 2 amide bonds. The highest BCUT2D eigenvalue weighted by Gasteiger charge is 2.59. The first kappa shape index (κ1) is 20.5. The number of ether oxygens (including phenoxy) is 2. The fourth-order valence-corrected chi connectivity index (χ4v) is 5.03. The van der Waals surface area contributed by atoms with Gasteiger partial charge in [-0.2, -0.15) is 0 Å². The van der Waals surface area contributed by atoms with Crippen LogP contribution in [0.5, 0.6) is 5.75 Å². The van der Waals surface area contributed by atoms with Crippen molar-refractivity contribution in [3.63, 3.8) is 0 Å². The van der Waals surface area contributed by atoms with Crippen molar-refractivity contribution >= 4 is 23.5 Å². The van der Waals surface area contributed by atoms with Crippen LogP contribution in [0.3, 0.4) is 0 Å². The number of benzene rings is 2. The number of esters is 1. The molecule has 2 fully saturated rings. The van der Waals surface area contributed by atoms with Gasteiger partial charge < -0.3 is 9.47 Å². The molecule has 1 aliphatic heterocycles. The Kier molecular flexibility index (Phi) is 5.08. The Bertz CT molecular complexity index is 1060. The highest BCUT2D eigenvalue weighted by molar-refractivity contribution is 6.22. The molecular weight excluding hydrogens is 406 g/mol. The summed E-state index contributed by atoms with van der Waals surface area (Å²) in [5.41, 5.74) is 2.00. The van der Waals surface area contributed by atoms with E-state index in [0.717, 1.165) is 12.0 Å². The normalized spacial score (nSPS) is 25.5. The van der Waals surface area contributed by atoms with Crippen molar-refractivity contribution in [2.45, 2.75) is 33.0 Å². The second-order valence-corrected chi connectivity index (χ2v) is 8.95. The minimum absolute atomic E-state index is 0.0819. The first-order valence-electron chi connectivity index (χ1n) is 11.0. The average molecular weight is 431 g/mol. The summed E-state index contributed by atoms with van der Waals surface area (Å²) < 4.78 is 11.0. The van der Waals surface area contributed by atoms with E-state index in [1.165, 1.54) is 4.90 Å². The predicted molar refractivity (Wildman–Crippen MR) is 118 cm³/mol. The molecule has 4 atom stereocenters. The topological polar surface area (TPSA) is 72.9 Å². The number of carbonyl (C=O) groups excluding carboxylic acids is 3. The first-order chi connectivity index (χ1) is 15.4. The van der Waals surface area contributed by atoms with Crippen LogP contribution >= 0.6 is 0 Å². The molecule has 164 valence electrons. The van der Waals surface area contributed by atoms with Crippen molar-refractivity contribution < 1.29 is 23.9 Å². The Morgan fingerprint density at radius 3 is 2.09 bits per heavy atom. The Hall–Kier alpha value is -3.41. The highest BCUT2D eigenvalue weighted by Crippen LogP contribution is 2.53. The standard InChI is InChI=1S/C26H25NO5/c1-15(2)32-26(30)17-5-3-16(4-6-17)14-31-21-11-9-20(10-12-21)27-24(28)22-18-7-8-19(13-18)23(22)25(27)29/h3-12,15,18-19,22-23H,13-14H2,1-2H3. The Labute approximate surface area is 186 Å². The van der Waals surface area contributed by atoms with Crippen molar-refractivity contribution in [3.8, 4) is 5.75 Å². The third-order valence-electron chi connectivity index (χ3n) is 6.50. The molecule has 1 heterocycles. The average Bonchev–Trinajstić information content (AvgIpc) is 3.46.